The van der Waals surface area contributed by atoms with Gasteiger partial charge in [0.2, 0.25) is 0 Å². The summed E-state index contributed by atoms with van der Waals surface area (Å²) in [6, 6.07) is 21.8. The largest absolute Gasteiger partial charge is 0.488 e. The highest BCUT2D eigenvalue weighted by molar-refractivity contribution is 6.32. The number of hydrogen-bond acceptors (Lipinski definition) is 4. The Morgan fingerprint density at radius 2 is 1.52 bits per heavy atom. The first-order valence-electron chi connectivity index (χ1n) is 8.78. The zero-order chi connectivity index (χ0) is 20.5. The molecule has 0 atom stereocenters. The number of hydrazone groups is 1. The van der Waals surface area contributed by atoms with Crippen LogP contribution in [0, 0.1) is 0 Å². The number of hydrogen-bond donors (Lipinski definition) is 1. The van der Waals surface area contributed by atoms with E-state index < -0.39 is 5.91 Å². The first-order chi connectivity index (χ1) is 14.1. The standard InChI is InChI=1S/C22H18Cl2N2O3/c23-18-9-3-1-8-17(18)14-28-20-11-5-2-7-16(20)13-25-26-22(27)15-29-21-12-6-4-10-19(21)24/h1-13H,14-15H2,(H,26,27). The van der Waals surface area contributed by atoms with E-state index >= 15 is 0 Å². The third-order valence-electron chi connectivity index (χ3n) is 3.85. The van der Waals surface area contributed by atoms with Gasteiger partial charge in [-0.1, -0.05) is 65.7 Å². The molecule has 0 bridgehead atoms. The first kappa shape index (κ1) is 20.7. The van der Waals surface area contributed by atoms with Gasteiger partial charge in [0.1, 0.15) is 18.1 Å². The van der Waals surface area contributed by atoms with Gasteiger partial charge in [0.25, 0.3) is 5.91 Å². The van der Waals surface area contributed by atoms with Gasteiger partial charge in [0, 0.05) is 16.1 Å². The smallest absolute Gasteiger partial charge is 0.277 e. The van der Waals surface area contributed by atoms with Crippen molar-refractivity contribution in [1.82, 2.24) is 5.43 Å². The number of carbonyl (C=O) groups excluding carboxylic acids is 1. The van der Waals surface area contributed by atoms with Gasteiger partial charge in [-0.25, -0.2) is 5.43 Å². The van der Waals surface area contributed by atoms with Crippen LogP contribution in [-0.4, -0.2) is 18.7 Å². The summed E-state index contributed by atoms with van der Waals surface area (Å²) < 4.78 is 11.2. The van der Waals surface area contributed by atoms with E-state index in [9.17, 15) is 4.79 Å². The van der Waals surface area contributed by atoms with Crippen molar-refractivity contribution in [3.63, 3.8) is 0 Å². The van der Waals surface area contributed by atoms with E-state index in [0.29, 0.717) is 33.7 Å². The van der Waals surface area contributed by atoms with E-state index in [1.807, 2.05) is 48.5 Å². The molecule has 0 aromatic heterocycles. The minimum atomic E-state index is -0.407. The first-order valence-corrected chi connectivity index (χ1v) is 9.53. The number of para-hydroxylation sites is 2. The molecule has 0 radical (unpaired) electrons. The summed E-state index contributed by atoms with van der Waals surface area (Å²) >= 11 is 12.1. The number of nitrogens with zero attached hydrogens (tertiary/aromatic N) is 1. The molecule has 3 aromatic carbocycles. The topological polar surface area (TPSA) is 59.9 Å². The molecule has 3 aromatic rings. The van der Waals surface area contributed by atoms with Crippen LogP contribution in [0.2, 0.25) is 10.0 Å². The van der Waals surface area contributed by atoms with Crippen LogP contribution in [0.5, 0.6) is 11.5 Å². The lowest BCUT2D eigenvalue weighted by Gasteiger charge is -2.10. The molecule has 0 aliphatic rings. The molecule has 1 N–H and O–H groups in total. The fourth-order valence-electron chi connectivity index (χ4n) is 2.40. The lowest BCUT2D eigenvalue weighted by Crippen LogP contribution is -2.24. The fourth-order valence-corrected chi connectivity index (χ4v) is 2.78. The number of ether oxygens (including phenoxy) is 2. The third kappa shape index (κ3) is 6.24. The van der Waals surface area contributed by atoms with Crippen LogP contribution in [0.1, 0.15) is 11.1 Å². The Hall–Kier alpha value is -3.02. The second-order valence-corrected chi connectivity index (χ2v) is 6.74. The SMILES string of the molecule is O=C(COc1ccccc1Cl)NN=Cc1ccccc1OCc1ccccc1Cl. The van der Waals surface area contributed by atoms with Crippen molar-refractivity contribution in [3.05, 3.63) is 94.0 Å². The normalized spacial score (nSPS) is 10.7. The highest BCUT2D eigenvalue weighted by Gasteiger charge is 2.06. The van der Waals surface area contributed by atoms with Crippen LogP contribution in [-0.2, 0) is 11.4 Å². The lowest BCUT2D eigenvalue weighted by molar-refractivity contribution is -0.123. The maximum absolute atomic E-state index is 11.9. The van der Waals surface area contributed by atoms with E-state index in [2.05, 4.69) is 10.5 Å². The summed E-state index contributed by atoms with van der Waals surface area (Å²) in [4.78, 5) is 11.9. The van der Waals surface area contributed by atoms with Crippen LogP contribution in [0.15, 0.2) is 77.9 Å². The summed E-state index contributed by atoms with van der Waals surface area (Å²) in [5.74, 6) is 0.653. The quantitative estimate of drug-likeness (QED) is 0.400. The van der Waals surface area contributed by atoms with Crippen LogP contribution >= 0.6 is 23.2 Å². The predicted octanol–water partition coefficient (Wildman–Crippen LogP) is 5.10. The average Bonchev–Trinajstić information content (AvgIpc) is 2.73. The minimum absolute atomic E-state index is 0.203. The zero-order valence-corrected chi connectivity index (χ0v) is 16.9. The predicted molar refractivity (Wildman–Crippen MR) is 115 cm³/mol. The molecule has 3 rings (SSSR count). The van der Waals surface area contributed by atoms with Gasteiger partial charge in [-0.05, 0) is 30.3 Å². The van der Waals surface area contributed by atoms with E-state index in [-0.39, 0.29) is 6.61 Å². The van der Waals surface area contributed by atoms with Crippen molar-refractivity contribution < 1.29 is 14.3 Å². The van der Waals surface area contributed by atoms with Gasteiger partial charge in [0.15, 0.2) is 6.61 Å². The summed E-state index contributed by atoms with van der Waals surface area (Å²) in [6.45, 7) is 0.119. The van der Waals surface area contributed by atoms with Gasteiger partial charge < -0.3 is 9.47 Å². The van der Waals surface area contributed by atoms with Crippen molar-refractivity contribution in [2.24, 2.45) is 5.10 Å². The number of amides is 1. The van der Waals surface area contributed by atoms with Gasteiger partial charge in [-0.3, -0.25) is 4.79 Å². The second kappa shape index (κ2) is 10.5. The molecule has 0 spiro atoms. The number of rotatable bonds is 8. The maximum Gasteiger partial charge on any atom is 0.277 e. The Morgan fingerprint density at radius 1 is 0.862 bits per heavy atom. The fraction of sp³-hybridized carbons (Fsp3) is 0.0909. The van der Waals surface area contributed by atoms with Gasteiger partial charge in [-0.15, -0.1) is 0 Å². The highest BCUT2D eigenvalue weighted by atomic mass is 35.5. The Morgan fingerprint density at radius 3 is 2.28 bits per heavy atom. The van der Waals surface area contributed by atoms with Crippen molar-refractivity contribution in [1.29, 1.82) is 0 Å². The molecule has 1 amide bonds. The molecule has 0 fully saturated rings. The number of nitrogens with one attached hydrogen (secondary N) is 1. The number of halogens is 2. The van der Waals surface area contributed by atoms with Gasteiger partial charge in [-0.2, -0.15) is 5.10 Å². The Balaban J connectivity index is 1.54. The molecule has 0 unspecified atom stereocenters. The molecule has 0 saturated heterocycles. The molecular formula is C22H18Cl2N2O3. The van der Waals surface area contributed by atoms with Crippen molar-refractivity contribution in [2.75, 3.05) is 6.61 Å². The van der Waals surface area contributed by atoms with E-state index in [4.69, 9.17) is 32.7 Å². The van der Waals surface area contributed by atoms with Crippen molar-refractivity contribution in [3.8, 4) is 11.5 Å². The highest BCUT2D eigenvalue weighted by Crippen LogP contribution is 2.23. The summed E-state index contributed by atoms with van der Waals surface area (Å²) in [5.41, 5.74) is 4.01. The minimum Gasteiger partial charge on any atom is -0.488 e. The van der Waals surface area contributed by atoms with Crippen LogP contribution in [0.25, 0.3) is 0 Å². The summed E-state index contributed by atoms with van der Waals surface area (Å²) in [5, 5.41) is 5.05. The average molecular weight is 429 g/mol. The molecule has 5 nitrogen and oxygen atoms in total. The summed E-state index contributed by atoms with van der Waals surface area (Å²) in [6.07, 6.45) is 1.51. The summed E-state index contributed by atoms with van der Waals surface area (Å²) in [7, 11) is 0. The number of benzene rings is 3. The Labute approximate surface area is 178 Å². The lowest BCUT2D eigenvalue weighted by atomic mass is 10.2. The van der Waals surface area contributed by atoms with Crippen LogP contribution in [0.3, 0.4) is 0 Å². The van der Waals surface area contributed by atoms with Gasteiger partial charge in [0.05, 0.1) is 11.2 Å². The Bertz CT molecular complexity index is 1010. The monoisotopic (exact) mass is 428 g/mol. The maximum atomic E-state index is 11.9. The van der Waals surface area contributed by atoms with Crippen LogP contribution in [0.4, 0.5) is 0 Å². The third-order valence-corrected chi connectivity index (χ3v) is 4.53. The molecule has 0 heterocycles. The second-order valence-electron chi connectivity index (χ2n) is 5.93. The molecule has 29 heavy (non-hydrogen) atoms. The molecule has 0 saturated carbocycles. The number of carbonyl (C=O) groups is 1. The molecule has 7 heteroatoms. The molecular weight excluding hydrogens is 411 g/mol. The van der Waals surface area contributed by atoms with Crippen molar-refractivity contribution >= 4 is 35.3 Å². The van der Waals surface area contributed by atoms with Gasteiger partial charge >= 0.3 is 0 Å². The zero-order valence-electron chi connectivity index (χ0n) is 15.3. The van der Waals surface area contributed by atoms with E-state index in [1.54, 1.807) is 24.3 Å². The molecule has 148 valence electrons. The Kier molecular flexibility index (Phi) is 7.50. The van der Waals surface area contributed by atoms with E-state index in [0.717, 1.165) is 5.56 Å². The van der Waals surface area contributed by atoms with E-state index in [1.165, 1.54) is 6.21 Å². The molecule has 0 aliphatic carbocycles. The van der Waals surface area contributed by atoms with Crippen LogP contribution < -0.4 is 14.9 Å². The molecule has 0 aliphatic heterocycles. The van der Waals surface area contributed by atoms with Crippen molar-refractivity contribution in [2.45, 2.75) is 6.61 Å².